The van der Waals surface area contributed by atoms with Gasteiger partial charge in [-0.15, -0.1) is 0 Å². The first kappa shape index (κ1) is 19.3. The standard InChI is InChI=1S/C18H24BrN3O3/c1-4-20-17(22-12-18(2,23)16-6-5-9-25-16)21-11-13-7-8-15(24-3)14(19)10-13/h5-10,23H,4,11-12H2,1-3H3,(H2,20,21,22). The molecular weight excluding hydrogens is 386 g/mol. The van der Waals surface area contributed by atoms with Gasteiger partial charge >= 0.3 is 0 Å². The number of furan rings is 1. The highest BCUT2D eigenvalue weighted by Crippen LogP contribution is 2.25. The van der Waals surface area contributed by atoms with Crippen LogP contribution in [-0.4, -0.2) is 31.3 Å². The average molecular weight is 410 g/mol. The van der Waals surface area contributed by atoms with Crippen LogP contribution >= 0.6 is 15.9 Å². The van der Waals surface area contributed by atoms with Crippen molar-refractivity contribution < 1.29 is 14.3 Å². The topological polar surface area (TPSA) is 79.0 Å². The molecule has 1 aromatic carbocycles. The molecule has 0 spiro atoms. The smallest absolute Gasteiger partial charge is 0.191 e. The Balaban J connectivity index is 2.02. The highest BCUT2D eigenvalue weighted by Gasteiger charge is 2.26. The Hall–Kier alpha value is -1.99. The Morgan fingerprint density at radius 3 is 2.76 bits per heavy atom. The minimum Gasteiger partial charge on any atom is -0.496 e. The molecule has 1 aromatic heterocycles. The number of aliphatic imine (C=N–C) groups is 1. The fraction of sp³-hybridized carbons (Fsp3) is 0.389. The lowest BCUT2D eigenvalue weighted by Crippen LogP contribution is -2.44. The van der Waals surface area contributed by atoms with Crippen LogP contribution in [0.4, 0.5) is 0 Å². The predicted molar refractivity (Wildman–Crippen MR) is 102 cm³/mol. The number of methoxy groups -OCH3 is 1. The molecule has 2 rings (SSSR count). The highest BCUT2D eigenvalue weighted by atomic mass is 79.9. The van der Waals surface area contributed by atoms with E-state index in [-0.39, 0.29) is 6.54 Å². The molecule has 1 unspecified atom stereocenters. The van der Waals surface area contributed by atoms with Crippen molar-refractivity contribution in [2.45, 2.75) is 26.0 Å². The molecule has 0 aliphatic rings. The van der Waals surface area contributed by atoms with Gasteiger partial charge in [0.05, 0.1) is 30.9 Å². The summed E-state index contributed by atoms with van der Waals surface area (Å²) in [5.41, 5.74) is -0.0780. The van der Waals surface area contributed by atoms with Gasteiger partial charge in [0.2, 0.25) is 0 Å². The van der Waals surface area contributed by atoms with Gasteiger partial charge in [0.25, 0.3) is 0 Å². The van der Waals surface area contributed by atoms with E-state index in [1.54, 1.807) is 32.4 Å². The van der Waals surface area contributed by atoms with Gasteiger partial charge in [-0.1, -0.05) is 6.07 Å². The van der Waals surface area contributed by atoms with Crippen LogP contribution in [-0.2, 0) is 12.1 Å². The number of ether oxygens (including phenoxy) is 1. The number of nitrogens with one attached hydrogen (secondary N) is 2. The molecule has 0 saturated carbocycles. The van der Waals surface area contributed by atoms with Gasteiger partial charge in [0, 0.05) is 6.54 Å². The van der Waals surface area contributed by atoms with Gasteiger partial charge in [-0.3, -0.25) is 0 Å². The van der Waals surface area contributed by atoms with Crippen LogP contribution in [0.5, 0.6) is 5.75 Å². The van der Waals surface area contributed by atoms with Crippen LogP contribution < -0.4 is 15.4 Å². The molecule has 7 heteroatoms. The lowest BCUT2D eigenvalue weighted by molar-refractivity contribution is 0.0386. The van der Waals surface area contributed by atoms with Crippen molar-refractivity contribution in [3.05, 3.63) is 52.4 Å². The summed E-state index contributed by atoms with van der Waals surface area (Å²) in [5, 5.41) is 16.8. The maximum Gasteiger partial charge on any atom is 0.191 e. The first-order chi connectivity index (χ1) is 12.0. The fourth-order valence-electron chi connectivity index (χ4n) is 2.25. The summed E-state index contributed by atoms with van der Waals surface area (Å²) in [5.74, 6) is 1.92. The minimum atomic E-state index is -1.12. The molecule has 2 aromatic rings. The molecule has 6 nitrogen and oxygen atoms in total. The number of benzene rings is 1. The van der Waals surface area contributed by atoms with E-state index in [1.807, 2.05) is 25.1 Å². The van der Waals surface area contributed by atoms with Gasteiger partial charge in [-0.25, -0.2) is 4.99 Å². The van der Waals surface area contributed by atoms with E-state index in [0.717, 1.165) is 22.3 Å². The van der Waals surface area contributed by atoms with Crippen molar-refractivity contribution in [3.63, 3.8) is 0 Å². The van der Waals surface area contributed by atoms with Crippen molar-refractivity contribution in [1.29, 1.82) is 0 Å². The molecule has 3 N–H and O–H groups in total. The quantitative estimate of drug-likeness (QED) is 0.483. The number of rotatable bonds is 7. The third kappa shape index (κ3) is 5.51. The molecule has 136 valence electrons. The lowest BCUT2D eigenvalue weighted by Gasteiger charge is -2.22. The molecular formula is C18H24BrN3O3. The zero-order valence-electron chi connectivity index (χ0n) is 14.7. The first-order valence-electron chi connectivity index (χ1n) is 8.07. The van der Waals surface area contributed by atoms with Crippen molar-refractivity contribution >= 4 is 21.9 Å². The van der Waals surface area contributed by atoms with Gasteiger partial charge in [-0.2, -0.15) is 0 Å². The van der Waals surface area contributed by atoms with E-state index in [0.29, 0.717) is 18.3 Å². The third-order valence-corrected chi connectivity index (χ3v) is 4.25. The molecule has 0 aliphatic heterocycles. The van der Waals surface area contributed by atoms with E-state index in [4.69, 9.17) is 9.15 Å². The summed E-state index contributed by atoms with van der Waals surface area (Å²) in [6.45, 7) is 5.19. The summed E-state index contributed by atoms with van der Waals surface area (Å²) in [4.78, 5) is 4.56. The average Bonchev–Trinajstić information content (AvgIpc) is 3.13. The second-order valence-electron chi connectivity index (χ2n) is 5.77. The van der Waals surface area contributed by atoms with Crippen LogP contribution in [0.2, 0.25) is 0 Å². The van der Waals surface area contributed by atoms with Gasteiger partial charge < -0.3 is 24.9 Å². The molecule has 25 heavy (non-hydrogen) atoms. The first-order valence-corrected chi connectivity index (χ1v) is 8.86. The summed E-state index contributed by atoms with van der Waals surface area (Å²) in [6, 6.07) is 9.35. The van der Waals surface area contributed by atoms with Crippen LogP contribution in [0.25, 0.3) is 0 Å². The Kier molecular flexibility index (Phi) is 6.90. The Bertz CT molecular complexity index is 700. The Morgan fingerprint density at radius 1 is 1.36 bits per heavy atom. The normalized spacial score (nSPS) is 14.0. The largest absolute Gasteiger partial charge is 0.496 e. The second-order valence-corrected chi connectivity index (χ2v) is 6.62. The summed E-state index contributed by atoms with van der Waals surface area (Å²) >= 11 is 3.48. The van der Waals surface area contributed by atoms with E-state index in [9.17, 15) is 5.11 Å². The summed E-state index contributed by atoms with van der Waals surface area (Å²) < 4.78 is 11.4. The maximum absolute atomic E-state index is 10.5. The predicted octanol–water partition coefficient (Wildman–Crippen LogP) is 3.01. The minimum absolute atomic E-state index is 0.276. The van der Waals surface area contributed by atoms with E-state index >= 15 is 0 Å². The number of halogens is 1. The van der Waals surface area contributed by atoms with Gasteiger partial charge in [0.1, 0.15) is 17.1 Å². The van der Waals surface area contributed by atoms with Crippen LogP contribution in [0.15, 0.2) is 50.5 Å². The molecule has 0 amide bonds. The molecule has 0 saturated heterocycles. The molecule has 0 radical (unpaired) electrons. The zero-order valence-corrected chi connectivity index (χ0v) is 16.3. The maximum atomic E-state index is 10.5. The van der Waals surface area contributed by atoms with Crippen molar-refractivity contribution in [2.24, 2.45) is 4.99 Å². The second kappa shape index (κ2) is 8.92. The van der Waals surface area contributed by atoms with Gasteiger partial charge in [0.15, 0.2) is 5.96 Å². The van der Waals surface area contributed by atoms with Crippen LogP contribution in [0, 0.1) is 0 Å². The summed E-state index contributed by atoms with van der Waals surface area (Å²) in [7, 11) is 1.63. The Morgan fingerprint density at radius 2 is 2.16 bits per heavy atom. The SMILES string of the molecule is CCNC(=NCc1ccc(OC)c(Br)c1)NCC(C)(O)c1ccco1. The number of nitrogens with zero attached hydrogens (tertiary/aromatic N) is 1. The Labute approximate surface area is 156 Å². The number of guanidine groups is 1. The van der Waals surface area contributed by atoms with Crippen molar-refractivity contribution in [1.82, 2.24) is 10.6 Å². The van der Waals surface area contributed by atoms with E-state index in [2.05, 4.69) is 31.6 Å². The lowest BCUT2D eigenvalue weighted by atomic mass is 10.0. The molecule has 1 heterocycles. The van der Waals surface area contributed by atoms with E-state index in [1.165, 1.54) is 0 Å². The van der Waals surface area contributed by atoms with Crippen LogP contribution in [0.3, 0.4) is 0 Å². The molecule has 0 fully saturated rings. The monoisotopic (exact) mass is 409 g/mol. The number of hydrogen-bond acceptors (Lipinski definition) is 4. The van der Waals surface area contributed by atoms with Crippen LogP contribution in [0.1, 0.15) is 25.2 Å². The number of aliphatic hydroxyl groups is 1. The summed E-state index contributed by atoms with van der Waals surface area (Å²) in [6.07, 6.45) is 1.55. The third-order valence-electron chi connectivity index (χ3n) is 3.63. The fourth-order valence-corrected chi connectivity index (χ4v) is 2.84. The van der Waals surface area contributed by atoms with Gasteiger partial charge in [-0.05, 0) is 59.6 Å². The zero-order chi connectivity index (χ0) is 18.3. The number of hydrogen-bond donors (Lipinski definition) is 3. The van der Waals surface area contributed by atoms with E-state index < -0.39 is 5.60 Å². The van der Waals surface area contributed by atoms with Crippen molar-refractivity contribution in [3.8, 4) is 5.75 Å². The highest BCUT2D eigenvalue weighted by molar-refractivity contribution is 9.10. The molecule has 1 atom stereocenters. The molecule has 0 aliphatic carbocycles. The van der Waals surface area contributed by atoms with Crippen molar-refractivity contribution in [2.75, 3.05) is 20.2 Å². The molecule has 0 bridgehead atoms.